The van der Waals surface area contributed by atoms with Gasteiger partial charge < -0.3 is 24.7 Å². The molecule has 0 amide bonds. The number of rotatable bonds is 7. The van der Waals surface area contributed by atoms with Gasteiger partial charge in [-0.1, -0.05) is 6.92 Å². The Labute approximate surface area is 151 Å². The Morgan fingerprint density at radius 1 is 1.19 bits per heavy atom. The van der Waals surface area contributed by atoms with Gasteiger partial charge in [-0.05, 0) is 20.3 Å². The number of carbonyl (C=O) groups excluding carboxylic acids is 3. The molecule has 7 nitrogen and oxygen atoms in total. The quantitative estimate of drug-likeness (QED) is 0.670. The maximum atomic E-state index is 14.6. The van der Waals surface area contributed by atoms with Crippen LogP contribution in [0.5, 0.6) is 0 Å². The lowest BCUT2D eigenvalue weighted by Crippen LogP contribution is -2.65. The minimum absolute atomic E-state index is 0.198. The number of nitrogens with two attached hydrogens (primary N) is 1. The van der Waals surface area contributed by atoms with E-state index in [0.29, 0.717) is 0 Å². The summed E-state index contributed by atoms with van der Waals surface area (Å²) in [5.41, 5.74) is 5.85. The van der Waals surface area contributed by atoms with E-state index in [-0.39, 0.29) is 18.6 Å². The molecule has 0 spiro atoms. The van der Waals surface area contributed by atoms with Crippen LogP contribution in [0.25, 0.3) is 0 Å². The minimum Gasteiger partial charge on any atom is -0.459 e. The Kier molecular flexibility index (Phi) is 7.64. The molecular weight excluding hydrogens is 352 g/mol. The molecule has 26 heavy (non-hydrogen) atoms. The molecule has 0 aliphatic carbocycles. The lowest BCUT2D eigenvalue weighted by Gasteiger charge is -2.47. The van der Waals surface area contributed by atoms with Crippen LogP contribution in [-0.4, -0.2) is 54.1 Å². The van der Waals surface area contributed by atoms with Crippen molar-refractivity contribution in [2.75, 3.05) is 0 Å². The van der Waals surface area contributed by atoms with E-state index in [0.717, 1.165) is 13.8 Å². The highest BCUT2D eigenvalue weighted by molar-refractivity contribution is 5.76. The van der Waals surface area contributed by atoms with Gasteiger partial charge in [0.2, 0.25) is 5.85 Å². The monoisotopic (exact) mass is 379 g/mol. The summed E-state index contributed by atoms with van der Waals surface area (Å²) in [4.78, 5) is 34.5. The molecule has 1 heterocycles. The fourth-order valence-corrected chi connectivity index (χ4v) is 3.24. The Bertz CT molecular complexity index is 541. The normalized spacial score (nSPS) is 33.8. The molecule has 7 atom stereocenters. The van der Waals surface area contributed by atoms with Crippen molar-refractivity contribution in [1.29, 1.82) is 0 Å². The number of hydrogen-bond donors (Lipinski definition) is 1. The Morgan fingerprint density at radius 2 is 1.73 bits per heavy atom. The van der Waals surface area contributed by atoms with Gasteiger partial charge in [-0.2, -0.15) is 0 Å². The predicted octanol–water partition coefficient (Wildman–Crippen LogP) is 1.61. The van der Waals surface area contributed by atoms with Gasteiger partial charge in [0.25, 0.3) is 0 Å². The zero-order valence-electron chi connectivity index (χ0n) is 15.7. The van der Waals surface area contributed by atoms with Gasteiger partial charge in [-0.3, -0.25) is 9.59 Å². The van der Waals surface area contributed by atoms with Crippen LogP contribution in [0.15, 0.2) is 0 Å². The van der Waals surface area contributed by atoms with E-state index in [2.05, 4.69) is 0 Å². The van der Waals surface area contributed by atoms with E-state index >= 15 is 0 Å². The number of ketones is 1. The van der Waals surface area contributed by atoms with Crippen molar-refractivity contribution >= 4 is 17.7 Å². The topological polar surface area (TPSA) is 105 Å². The minimum atomic E-state index is -2.75. The first-order valence-electron chi connectivity index (χ1n) is 8.50. The van der Waals surface area contributed by atoms with Crippen molar-refractivity contribution in [3.63, 3.8) is 0 Å². The number of carbonyl (C=O) groups is 3. The summed E-state index contributed by atoms with van der Waals surface area (Å²) >= 11 is 0. The average Bonchev–Trinajstić information content (AvgIpc) is 2.50. The largest absolute Gasteiger partial charge is 0.459 e. The molecule has 1 rings (SSSR count). The highest BCUT2D eigenvalue weighted by atomic mass is 19.2. The number of ether oxygens (including phenoxy) is 3. The van der Waals surface area contributed by atoms with Crippen LogP contribution < -0.4 is 5.73 Å². The highest BCUT2D eigenvalue weighted by Gasteiger charge is 2.56. The van der Waals surface area contributed by atoms with Crippen molar-refractivity contribution < 1.29 is 37.4 Å². The average molecular weight is 379 g/mol. The first kappa shape index (κ1) is 22.4. The second-order valence-corrected chi connectivity index (χ2v) is 6.75. The molecule has 0 aromatic rings. The van der Waals surface area contributed by atoms with E-state index < -0.39 is 54.2 Å². The second kappa shape index (κ2) is 8.85. The molecule has 2 unspecified atom stereocenters. The SMILES string of the molecule is CC[C@@H](OC(C)=O)[C@@H](OC(C)=O)C1O[C@](C)(F)C(F)[C@@H](N)[C@H]1CC(C)=O. The van der Waals surface area contributed by atoms with Crippen LogP contribution in [0.2, 0.25) is 0 Å². The molecule has 0 radical (unpaired) electrons. The van der Waals surface area contributed by atoms with E-state index in [1.165, 1.54) is 13.8 Å². The lowest BCUT2D eigenvalue weighted by atomic mass is 9.78. The van der Waals surface area contributed by atoms with Gasteiger partial charge in [0.15, 0.2) is 12.3 Å². The summed E-state index contributed by atoms with van der Waals surface area (Å²) in [6.45, 7) is 6.13. The molecule has 1 aliphatic heterocycles. The summed E-state index contributed by atoms with van der Waals surface area (Å²) in [7, 11) is 0. The number of alkyl halides is 2. The molecule has 0 bridgehead atoms. The van der Waals surface area contributed by atoms with Gasteiger partial charge >= 0.3 is 11.9 Å². The molecule has 2 N–H and O–H groups in total. The molecule has 150 valence electrons. The second-order valence-electron chi connectivity index (χ2n) is 6.75. The third-order valence-corrected chi connectivity index (χ3v) is 4.35. The van der Waals surface area contributed by atoms with Gasteiger partial charge in [-0.15, -0.1) is 0 Å². The van der Waals surface area contributed by atoms with Crippen LogP contribution in [0, 0.1) is 5.92 Å². The number of esters is 2. The van der Waals surface area contributed by atoms with Gasteiger partial charge in [0, 0.05) is 32.2 Å². The highest BCUT2D eigenvalue weighted by Crippen LogP contribution is 2.40. The summed E-state index contributed by atoms with van der Waals surface area (Å²) in [6, 6.07) is -1.36. The van der Waals surface area contributed by atoms with Crippen molar-refractivity contribution in [3.05, 3.63) is 0 Å². The van der Waals surface area contributed by atoms with Crippen molar-refractivity contribution in [2.24, 2.45) is 11.7 Å². The first-order chi connectivity index (χ1) is 11.9. The summed E-state index contributed by atoms with van der Waals surface area (Å²) < 4.78 is 44.6. The molecule has 1 saturated heterocycles. The Balaban J connectivity index is 3.32. The predicted molar refractivity (Wildman–Crippen MR) is 87.4 cm³/mol. The molecule has 0 aromatic heterocycles. The van der Waals surface area contributed by atoms with Gasteiger partial charge in [0.05, 0.1) is 0 Å². The van der Waals surface area contributed by atoms with E-state index in [4.69, 9.17) is 19.9 Å². The summed E-state index contributed by atoms with van der Waals surface area (Å²) in [5.74, 6) is -5.37. The summed E-state index contributed by atoms with van der Waals surface area (Å²) in [5, 5.41) is 0. The van der Waals surface area contributed by atoms with Crippen LogP contribution in [-0.2, 0) is 28.6 Å². The maximum Gasteiger partial charge on any atom is 0.303 e. The van der Waals surface area contributed by atoms with E-state index in [1.807, 2.05) is 0 Å². The molecule has 9 heteroatoms. The third kappa shape index (κ3) is 5.44. The maximum absolute atomic E-state index is 14.6. The zero-order chi connectivity index (χ0) is 20.2. The van der Waals surface area contributed by atoms with Crippen molar-refractivity contribution in [3.8, 4) is 0 Å². The Morgan fingerprint density at radius 3 is 2.15 bits per heavy atom. The molecule has 1 aliphatic rings. The third-order valence-electron chi connectivity index (χ3n) is 4.35. The van der Waals surface area contributed by atoms with Crippen LogP contribution >= 0.6 is 0 Å². The number of hydrogen-bond acceptors (Lipinski definition) is 7. The fraction of sp³-hybridized carbons (Fsp3) is 0.824. The molecule has 0 saturated carbocycles. The lowest BCUT2D eigenvalue weighted by molar-refractivity contribution is -0.282. The Hall–Kier alpha value is -1.61. The summed E-state index contributed by atoms with van der Waals surface area (Å²) in [6.07, 6.45) is -5.61. The van der Waals surface area contributed by atoms with Crippen molar-refractivity contribution in [2.45, 2.75) is 83.8 Å². The van der Waals surface area contributed by atoms with Crippen LogP contribution in [0.1, 0.15) is 47.5 Å². The smallest absolute Gasteiger partial charge is 0.303 e. The molecule has 1 fully saturated rings. The van der Waals surface area contributed by atoms with Crippen molar-refractivity contribution in [1.82, 2.24) is 0 Å². The molecular formula is C17H27F2NO6. The van der Waals surface area contributed by atoms with Crippen LogP contribution in [0.4, 0.5) is 8.78 Å². The number of halogens is 2. The van der Waals surface area contributed by atoms with E-state index in [1.54, 1.807) is 6.92 Å². The fourth-order valence-electron chi connectivity index (χ4n) is 3.24. The van der Waals surface area contributed by atoms with Gasteiger partial charge in [0.1, 0.15) is 18.0 Å². The molecule has 0 aromatic carbocycles. The van der Waals surface area contributed by atoms with Gasteiger partial charge in [-0.25, -0.2) is 8.78 Å². The first-order valence-corrected chi connectivity index (χ1v) is 8.50. The van der Waals surface area contributed by atoms with E-state index in [9.17, 15) is 23.2 Å². The number of Topliss-reactive ketones (excluding diaryl/α,β-unsaturated/α-hetero) is 1. The standard InChI is InChI=1S/C17H27F2NO6/c1-6-12(24-9(3)22)15(25-10(4)23)14-11(7-8(2)21)13(20)16(18)17(5,19)26-14/h11-16H,6-7,20H2,1-5H3/t11-,12-,13+,14?,15-,16?,17+/m1/s1. The zero-order valence-corrected chi connectivity index (χ0v) is 15.7. The van der Waals surface area contributed by atoms with Crippen LogP contribution in [0.3, 0.4) is 0 Å².